The number of carbonyl (C=O) groups excluding carboxylic acids is 1. The van der Waals surface area contributed by atoms with E-state index in [2.05, 4.69) is 27.5 Å². The van der Waals surface area contributed by atoms with Crippen LogP contribution in [-0.2, 0) is 0 Å². The van der Waals surface area contributed by atoms with E-state index in [1.54, 1.807) is 24.2 Å². The van der Waals surface area contributed by atoms with Crippen LogP contribution in [0.3, 0.4) is 0 Å². The highest BCUT2D eigenvalue weighted by Crippen LogP contribution is 2.09. The van der Waals surface area contributed by atoms with E-state index in [1.165, 1.54) is 0 Å². The molecule has 1 aromatic heterocycles. The first-order chi connectivity index (χ1) is 7.65. The van der Waals surface area contributed by atoms with Crippen molar-refractivity contribution in [3.05, 3.63) is 41.2 Å². The highest BCUT2D eigenvalue weighted by molar-refractivity contribution is 9.10. The zero-order valence-electron chi connectivity index (χ0n) is 9.32. The molecule has 1 heterocycles. The molecule has 86 valence electrons. The van der Waals surface area contributed by atoms with Gasteiger partial charge in [-0.25, -0.2) is 4.98 Å². The lowest BCUT2D eigenvalue weighted by Gasteiger charge is -2.15. The van der Waals surface area contributed by atoms with E-state index in [0.717, 1.165) is 23.9 Å². The number of amides is 1. The second-order valence-corrected chi connectivity index (χ2v) is 4.43. The molecule has 0 saturated heterocycles. The summed E-state index contributed by atoms with van der Waals surface area (Å²) >= 11 is 3.28. The number of carbonyl (C=O) groups is 1. The number of rotatable bonds is 5. The Balaban J connectivity index is 2.56. The fourth-order valence-electron chi connectivity index (χ4n) is 1.27. The molecular formula is C12H15BrN2O. The van der Waals surface area contributed by atoms with Gasteiger partial charge in [-0.05, 0) is 40.9 Å². The van der Waals surface area contributed by atoms with Crippen molar-refractivity contribution in [2.75, 3.05) is 13.6 Å². The third-order valence-corrected chi connectivity index (χ3v) is 2.66. The molecule has 0 fully saturated rings. The van der Waals surface area contributed by atoms with Crippen molar-refractivity contribution in [2.45, 2.75) is 12.8 Å². The highest BCUT2D eigenvalue weighted by Gasteiger charge is 2.11. The van der Waals surface area contributed by atoms with Gasteiger partial charge in [0.1, 0.15) is 5.69 Å². The van der Waals surface area contributed by atoms with Crippen molar-refractivity contribution in [2.24, 2.45) is 0 Å². The van der Waals surface area contributed by atoms with E-state index in [0.29, 0.717) is 5.69 Å². The molecule has 3 nitrogen and oxygen atoms in total. The van der Waals surface area contributed by atoms with Gasteiger partial charge >= 0.3 is 0 Å². The van der Waals surface area contributed by atoms with Crippen LogP contribution < -0.4 is 0 Å². The lowest BCUT2D eigenvalue weighted by atomic mass is 10.2. The number of unbranched alkanes of at least 4 members (excludes halogenated alkanes) is 1. The van der Waals surface area contributed by atoms with Gasteiger partial charge in [0.15, 0.2) is 0 Å². The molecule has 0 spiro atoms. The monoisotopic (exact) mass is 282 g/mol. The van der Waals surface area contributed by atoms with Crippen molar-refractivity contribution in [1.29, 1.82) is 0 Å². The summed E-state index contributed by atoms with van der Waals surface area (Å²) in [5.74, 6) is -0.0448. The molecule has 1 rings (SSSR count). The zero-order valence-corrected chi connectivity index (χ0v) is 10.9. The van der Waals surface area contributed by atoms with Crippen molar-refractivity contribution in [3.8, 4) is 0 Å². The lowest BCUT2D eigenvalue weighted by Crippen LogP contribution is -2.28. The van der Waals surface area contributed by atoms with E-state index in [-0.39, 0.29) is 5.91 Å². The number of hydrogen-bond acceptors (Lipinski definition) is 2. The minimum Gasteiger partial charge on any atom is -0.340 e. The summed E-state index contributed by atoms with van der Waals surface area (Å²) in [7, 11) is 1.79. The van der Waals surface area contributed by atoms with Gasteiger partial charge in [0, 0.05) is 24.3 Å². The second kappa shape index (κ2) is 6.43. The van der Waals surface area contributed by atoms with Crippen LogP contribution in [0.4, 0.5) is 0 Å². The number of aromatic nitrogens is 1. The number of pyridine rings is 1. The fourth-order valence-corrected chi connectivity index (χ4v) is 1.51. The maximum Gasteiger partial charge on any atom is 0.272 e. The molecule has 0 aliphatic rings. The van der Waals surface area contributed by atoms with Crippen LogP contribution in [0.1, 0.15) is 23.3 Å². The molecule has 0 unspecified atom stereocenters. The smallest absolute Gasteiger partial charge is 0.272 e. The Morgan fingerprint density at radius 1 is 1.62 bits per heavy atom. The highest BCUT2D eigenvalue weighted by atomic mass is 79.9. The minimum absolute atomic E-state index is 0.0448. The third-order valence-electron chi connectivity index (χ3n) is 2.19. The first kappa shape index (κ1) is 12.9. The van der Waals surface area contributed by atoms with Crippen LogP contribution in [0.25, 0.3) is 0 Å². The number of nitrogens with zero attached hydrogens (tertiary/aromatic N) is 2. The van der Waals surface area contributed by atoms with E-state index in [9.17, 15) is 4.79 Å². The van der Waals surface area contributed by atoms with Crippen LogP contribution in [0.2, 0.25) is 0 Å². The predicted molar refractivity (Wildman–Crippen MR) is 68.3 cm³/mol. The number of allylic oxidation sites excluding steroid dienone is 1. The van der Waals surface area contributed by atoms with Crippen molar-refractivity contribution in [1.82, 2.24) is 9.88 Å². The number of hydrogen-bond donors (Lipinski definition) is 0. The maximum absolute atomic E-state index is 11.9. The standard InChI is InChI=1S/C12H15BrN2O/c1-3-4-5-8-15(2)12(16)11-7-6-10(13)9-14-11/h3,6-7,9H,1,4-5,8H2,2H3. The molecule has 4 heteroatoms. The van der Waals surface area contributed by atoms with Crippen LogP contribution in [-0.4, -0.2) is 29.4 Å². The fraction of sp³-hybridized carbons (Fsp3) is 0.333. The Bertz CT molecular complexity index is 362. The third kappa shape index (κ3) is 3.77. The van der Waals surface area contributed by atoms with E-state index < -0.39 is 0 Å². The Morgan fingerprint density at radius 2 is 2.38 bits per heavy atom. The molecule has 1 aromatic rings. The van der Waals surface area contributed by atoms with Crippen molar-refractivity contribution in [3.63, 3.8) is 0 Å². The second-order valence-electron chi connectivity index (χ2n) is 3.52. The summed E-state index contributed by atoms with van der Waals surface area (Å²) in [4.78, 5) is 17.6. The van der Waals surface area contributed by atoms with E-state index >= 15 is 0 Å². The minimum atomic E-state index is -0.0448. The molecule has 0 radical (unpaired) electrons. The molecule has 1 amide bonds. The van der Waals surface area contributed by atoms with Gasteiger partial charge in [0.25, 0.3) is 5.91 Å². The first-order valence-corrected chi connectivity index (χ1v) is 5.92. The van der Waals surface area contributed by atoms with Gasteiger partial charge in [-0.3, -0.25) is 4.79 Å². The largest absolute Gasteiger partial charge is 0.340 e. The summed E-state index contributed by atoms with van der Waals surface area (Å²) < 4.78 is 0.873. The molecule has 0 saturated carbocycles. The van der Waals surface area contributed by atoms with Gasteiger partial charge in [0.2, 0.25) is 0 Å². The van der Waals surface area contributed by atoms with Gasteiger partial charge in [-0.2, -0.15) is 0 Å². The zero-order chi connectivity index (χ0) is 12.0. The molecule has 0 aromatic carbocycles. The van der Waals surface area contributed by atoms with Crippen LogP contribution in [0.5, 0.6) is 0 Å². The summed E-state index contributed by atoms with van der Waals surface area (Å²) in [6, 6.07) is 3.54. The van der Waals surface area contributed by atoms with Crippen LogP contribution >= 0.6 is 15.9 Å². The Labute approximate surface area is 104 Å². The summed E-state index contributed by atoms with van der Waals surface area (Å²) in [6.45, 7) is 4.37. The molecule has 16 heavy (non-hydrogen) atoms. The van der Waals surface area contributed by atoms with Gasteiger partial charge in [-0.15, -0.1) is 6.58 Å². The predicted octanol–water partition coefficient (Wildman–Crippen LogP) is 2.88. The van der Waals surface area contributed by atoms with E-state index in [1.807, 2.05) is 12.1 Å². The first-order valence-electron chi connectivity index (χ1n) is 5.13. The lowest BCUT2D eigenvalue weighted by molar-refractivity contribution is 0.0788. The van der Waals surface area contributed by atoms with Gasteiger partial charge < -0.3 is 4.90 Å². The van der Waals surface area contributed by atoms with E-state index in [4.69, 9.17) is 0 Å². The molecule has 0 bridgehead atoms. The van der Waals surface area contributed by atoms with Crippen molar-refractivity contribution >= 4 is 21.8 Å². The quantitative estimate of drug-likeness (QED) is 0.615. The average molecular weight is 283 g/mol. The van der Waals surface area contributed by atoms with Crippen molar-refractivity contribution < 1.29 is 4.79 Å². The summed E-state index contributed by atoms with van der Waals surface area (Å²) in [5, 5.41) is 0. The van der Waals surface area contributed by atoms with Crippen LogP contribution in [0, 0.1) is 0 Å². The topological polar surface area (TPSA) is 33.2 Å². The molecular weight excluding hydrogens is 268 g/mol. The van der Waals surface area contributed by atoms with Gasteiger partial charge in [-0.1, -0.05) is 6.08 Å². The number of halogens is 1. The molecule has 0 atom stereocenters. The van der Waals surface area contributed by atoms with Gasteiger partial charge in [0.05, 0.1) is 0 Å². The summed E-state index contributed by atoms with van der Waals surface area (Å²) in [5.41, 5.74) is 0.476. The maximum atomic E-state index is 11.9. The average Bonchev–Trinajstić information content (AvgIpc) is 2.29. The summed E-state index contributed by atoms with van der Waals surface area (Å²) in [6.07, 6.45) is 5.34. The molecule has 0 N–H and O–H groups in total. The Hall–Kier alpha value is -1.16. The van der Waals surface area contributed by atoms with Crippen LogP contribution in [0.15, 0.2) is 35.5 Å². The molecule has 0 aliphatic heterocycles. The normalized spacial score (nSPS) is 9.88. The SMILES string of the molecule is C=CCCCN(C)C(=O)c1ccc(Br)cn1. The molecule has 0 aliphatic carbocycles. The Morgan fingerprint density at radius 3 is 2.94 bits per heavy atom. The Kier molecular flexibility index (Phi) is 5.19.